The fourth-order valence-corrected chi connectivity index (χ4v) is 4.27. The van der Waals surface area contributed by atoms with Gasteiger partial charge in [0.25, 0.3) is 6.01 Å². The summed E-state index contributed by atoms with van der Waals surface area (Å²) in [5.74, 6) is 1.38. The number of carbonyl (C=O) groups excluding carboxylic acids is 1. The molecule has 7 heteroatoms. The number of rotatable bonds is 3. The van der Waals surface area contributed by atoms with Gasteiger partial charge in [0.1, 0.15) is 11.3 Å². The highest BCUT2D eigenvalue weighted by Crippen LogP contribution is 2.27. The summed E-state index contributed by atoms with van der Waals surface area (Å²) < 4.78 is 5.88. The van der Waals surface area contributed by atoms with E-state index in [0.717, 1.165) is 69.0 Å². The molecule has 0 aliphatic carbocycles. The number of amides is 1. The van der Waals surface area contributed by atoms with Crippen molar-refractivity contribution in [1.29, 1.82) is 0 Å². The van der Waals surface area contributed by atoms with Gasteiger partial charge in [-0.2, -0.15) is 4.98 Å². The van der Waals surface area contributed by atoms with E-state index < -0.39 is 0 Å². The number of para-hydroxylation sites is 2. The van der Waals surface area contributed by atoms with Gasteiger partial charge in [-0.3, -0.25) is 4.79 Å². The quantitative estimate of drug-likeness (QED) is 0.684. The van der Waals surface area contributed by atoms with Gasteiger partial charge in [-0.15, -0.1) is 0 Å². The molecular weight excluding hydrogens is 366 g/mol. The molecule has 0 saturated carbocycles. The second-order valence-corrected chi connectivity index (χ2v) is 7.73. The van der Waals surface area contributed by atoms with E-state index in [1.807, 2.05) is 53.6 Å². The summed E-state index contributed by atoms with van der Waals surface area (Å²) in [7, 11) is 0. The third-order valence-electron chi connectivity index (χ3n) is 5.96. The van der Waals surface area contributed by atoms with Gasteiger partial charge in [0.05, 0.1) is 0 Å². The van der Waals surface area contributed by atoms with Crippen LogP contribution in [0.2, 0.25) is 0 Å². The number of pyridine rings is 1. The largest absolute Gasteiger partial charge is 0.423 e. The van der Waals surface area contributed by atoms with Crippen LogP contribution in [0.4, 0.5) is 11.8 Å². The Bertz CT molecular complexity index is 940. The lowest BCUT2D eigenvalue weighted by Gasteiger charge is -2.38. The van der Waals surface area contributed by atoms with Crippen LogP contribution in [0.3, 0.4) is 0 Å². The van der Waals surface area contributed by atoms with Gasteiger partial charge in [-0.1, -0.05) is 18.2 Å². The van der Waals surface area contributed by atoms with Crippen LogP contribution >= 0.6 is 0 Å². The number of piperidine rings is 1. The van der Waals surface area contributed by atoms with Crippen molar-refractivity contribution in [3.8, 4) is 0 Å². The fourth-order valence-electron chi connectivity index (χ4n) is 4.27. The summed E-state index contributed by atoms with van der Waals surface area (Å²) in [5, 5.41) is 0. The molecule has 2 aliphatic heterocycles. The van der Waals surface area contributed by atoms with Crippen molar-refractivity contribution in [1.82, 2.24) is 14.9 Å². The molecule has 1 amide bonds. The Balaban J connectivity index is 1.15. The van der Waals surface area contributed by atoms with Crippen LogP contribution in [0.25, 0.3) is 11.1 Å². The predicted molar refractivity (Wildman–Crippen MR) is 112 cm³/mol. The number of carbonyl (C=O) groups is 1. The Kier molecular flexibility index (Phi) is 4.79. The molecule has 1 aromatic carbocycles. The molecule has 2 fully saturated rings. The molecule has 7 nitrogen and oxygen atoms in total. The lowest BCUT2D eigenvalue weighted by atomic mass is 9.95. The molecule has 5 rings (SSSR count). The number of fused-ring (bicyclic) bond motifs is 1. The number of nitrogens with zero attached hydrogens (tertiary/aromatic N) is 5. The molecule has 4 heterocycles. The maximum absolute atomic E-state index is 13.0. The van der Waals surface area contributed by atoms with Gasteiger partial charge < -0.3 is 19.1 Å². The number of aromatic nitrogens is 2. The van der Waals surface area contributed by atoms with Gasteiger partial charge in [-0.05, 0) is 37.1 Å². The van der Waals surface area contributed by atoms with E-state index in [-0.39, 0.29) is 5.92 Å². The predicted octanol–water partition coefficient (Wildman–Crippen LogP) is 2.79. The molecule has 2 aromatic heterocycles. The second-order valence-electron chi connectivity index (χ2n) is 7.73. The van der Waals surface area contributed by atoms with Crippen LogP contribution in [-0.4, -0.2) is 60.0 Å². The average Bonchev–Trinajstić information content (AvgIpc) is 3.24. The third kappa shape index (κ3) is 3.64. The van der Waals surface area contributed by atoms with E-state index in [0.29, 0.717) is 11.9 Å². The Morgan fingerprint density at radius 2 is 1.66 bits per heavy atom. The number of anilines is 2. The highest BCUT2D eigenvalue weighted by molar-refractivity contribution is 5.79. The fraction of sp³-hybridized carbons (Fsp3) is 0.409. The minimum Gasteiger partial charge on any atom is -0.423 e. The number of piperazine rings is 1. The summed E-state index contributed by atoms with van der Waals surface area (Å²) >= 11 is 0. The van der Waals surface area contributed by atoms with Crippen molar-refractivity contribution in [3.63, 3.8) is 0 Å². The van der Waals surface area contributed by atoms with Gasteiger partial charge in [0.15, 0.2) is 5.58 Å². The van der Waals surface area contributed by atoms with Gasteiger partial charge in [-0.25, -0.2) is 4.98 Å². The van der Waals surface area contributed by atoms with Crippen LogP contribution < -0.4 is 9.80 Å². The number of benzene rings is 1. The average molecular weight is 391 g/mol. The van der Waals surface area contributed by atoms with E-state index >= 15 is 0 Å². The SMILES string of the molecule is O=C(C1CCN(c2nc3ccccc3o2)CC1)N1CCN(c2ccccn2)CC1. The first-order valence-electron chi connectivity index (χ1n) is 10.3. The summed E-state index contributed by atoms with van der Waals surface area (Å²) in [6.07, 6.45) is 3.51. The van der Waals surface area contributed by atoms with Crippen molar-refractivity contribution >= 4 is 28.8 Å². The van der Waals surface area contributed by atoms with Crippen LogP contribution in [0, 0.1) is 5.92 Å². The molecule has 0 N–H and O–H groups in total. The van der Waals surface area contributed by atoms with E-state index in [9.17, 15) is 4.79 Å². The van der Waals surface area contributed by atoms with Gasteiger partial charge in [0.2, 0.25) is 5.91 Å². The Morgan fingerprint density at radius 3 is 2.38 bits per heavy atom. The summed E-state index contributed by atoms with van der Waals surface area (Å²) in [6.45, 7) is 4.81. The smallest absolute Gasteiger partial charge is 0.298 e. The van der Waals surface area contributed by atoms with E-state index in [2.05, 4.69) is 19.8 Å². The summed E-state index contributed by atoms with van der Waals surface area (Å²) in [4.78, 5) is 28.4. The molecular formula is C22H25N5O2. The zero-order chi connectivity index (χ0) is 19.6. The third-order valence-corrected chi connectivity index (χ3v) is 5.96. The monoisotopic (exact) mass is 391 g/mol. The number of hydrogen-bond donors (Lipinski definition) is 0. The van der Waals surface area contributed by atoms with Crippen molar-refractivity contribution in [2.75, 3.05) is 49.1 Å². The number of oxazole rings is 1. The Hall–Kier alpha value is -3.09. The minimum absolute atomic E-state index is 0.0945. The molecule has 2 saturated heterocycles. The van der Waals surface area contributed by atoms with E-state index in [4.69, 9.17) is 4.42 Å². The second kappa shape index (κ2) is 7.73. The molecule has 3 aromatic rings. The van der Waals surface area contributed by atoms with E-state index in [1.165, 1.54) is 0 Å². The van der Waals surface area contributed by atoms with Crippen molar-refractivity contribution in [2.45, 2.75) is 12.8 Å². The van der Waals surface area contributed by atoms with E-state index in [1.54, 1.807) is 0 Å². The van der Waals surface area contributed by atoms with Crippen molar-refractivity contribution < 1.29 is 9.21 Å². The molecule has 0 spiro atoms. The molecule has 0 radical (unpaired) electrons. The first kappa shape index (κ1) is 18.0. The molecule has 150 valence electrons. The highest BCUT2D eigenvalue weighted by atomic mass is 16.4. The van der Waals surface area contributed by atoms with Crippen LogP contribution in [-0.2, 0) is 4.79 Å². The Morgan fingerprint density at radius 1 is 0.897 bits per heavy atom. The van der Waals surface area contributed by atoms with Gasteiger partial charge >= 0.3 is 0 Å². The van der Waals surface area contributed by atoms with Crippen molar-refractivity contribution in [2.24, 2.45) is 5.92 Å². The summed E-state index contributed by atoms with van der Waals surface area (Å²) in [5.41, 5.74) is 1.69. The first-order valence-corrected chi connectivity index (χ1v) is 10.3. The van der Waals surface area contributed by atoms with Crippen LogP contribution in [0.5, 0.6) is 0 Å². The standard InChI is InChI=1S/C22H25N5O2/c28-21(26-15-13-25(14-16-26)20-7-3-4-10-23-20)17-8-11-27(12-9-17)22-24-18-5-1-2-6-19(18)29-22/h1-7,10,17H,8-9,11-16H2. The zero-order valence-electron chi connectivity index (χ0n) is 16.4. The first-order chi connectivity index (χ1) is 14.3. The molecule has 29 heavy (non-hydrogen) atoms. The lowest BCUT2D eigenvalue weighted by molar-refractivity contribution is -0.136. The molecule has 0 bridgehead atoms. The normalized spacial score (nSPS) is 18.4. The Labute approximate surface area is 169 Å². The van der Waals surface area contributed by atoms with Crippen LogP contribution in [0.1, 0.15) is 12.8 Å². The maximum Gasteiger partial charge on any atom is 0.298 e. The molecule has 0 unspecified atom stereocenters. The topological polar surface area (TPSA) is 65.7 Å². The number of hydrogen-bond acceptors (Lipinski definition) is 6. The van der Waals surface area contributed by atoms with Crippen molar-refractivity contribution in [3.05, 3.63) is 48.7 Å². The molecule has 2 aliphatic rings. The minimum atomic E-state index is 0.0945. The maximum atomic E-state index is 13.0. The summed E-state index contributed by atoms with van der Waals surface area (Å²) in [6, 6.07) is 14.4. The van der Waals surface area contributed by atoms with Crippen LogP contribution in [0.15, 0.2) is 53.1 Å². The highest BCUT2D eigenvalue weighted by Gasteiger charge is 2.31. The molecule has 0 atom stereocenters. The lowest BCUT2D eigenvalue weighted by Crippen LogP contribution is -2.52. The van der Waals surface area contributed by atoms with Gasteiger partial charge in [0, 0.05) is 51.4 Å². The zero-order valence-corrected chi connectivity index (χ0v) is 16.4.